The first-order valence-corrected chi connectivity index (χ1v) is 9.23. The van der Waals surface area contributed by atoms with Crippen molar-refractivity contribution in [1.29, 1.82) is 0 Å². The van der Waals surface area contributed by atoms with Gasteiger partial charge in [-0.1, -0.05) is 18.2 Å². The quantitative estimate of drug-likeness (QED) is 0.576. The van der Waals surface area contributed by atoms with Crippen molar-refractivity contribution >= 4 is 33.7 Å². The highest BCUT2D eigenvalue weighted by Crippen LogP contribution is 2.18. The predicted molar refractivity (Wildman–Crippen MR) is 97.6 cm³/mol. The van der Waals surface area contributed by atoms with E-state index in [4.69, 9.17) is 9.88 Å². The molecule has 0 fully saturated rings. The largest absolute Gasteiger partial charge is 0.452 e. The zero-order valence-electron chi connectivity index (χ0n) is 14.3. The van der Waals surface area contributed by atoms with Crippen molar-refractivity contribution < 1.29 is 27.1 Å². The zero-order valence-corrected chi connectivity index (χ0v) is 15.1. The van der Waals surface area contributed by atoms with Crippen LogP contribution in [0.5, 0.6) is 0 Å². The highest BCUT2D eigenvalue weighted by Gasteiger charge is 2.13. The molecule has 0 unspecified atom stereocenters. The van der Waals surface area contributed by atoms with Gasteiger partial charge in [-0.15, -0.1) is 0 Å². The molecule has 2 aromatic rings. The van der Waals surface area contributed by atoms with Crippen LogP contribution in [0.25, 0.3) is 6.08 Å². The second-order valence-corrected chi connectivity index (χ2v) is 7.10. The van der Waals surface area contributed by atoms with Crippen LogP contribution < -0.4 is 10.5 Å². The SMILES string of the molecule is Cc1ccc(NC(=O)COC(=O)/C=C/c2cccc(F)c2)cc1S(N)(=O)=O. The number of nitrogens with two attached hydrogens (primary N) is 1. The number of primary sulfonamides is 1. The topological polar surface area (TPSA) is 116 Å². The average Bonchev–Trinajstić information content (AvgIpc) is 2.59. The van der Waals surface area contributed by atoms with Crippen LogP contribution in [-0.2, 0) is 24.3 Å². The zero-order chi connectivity index (χ0) is 20.0. The van der Waals surface area contributed by atoms with E-state index in [1.54, 1.807) is 13.0 Å². The molecule has 142 valence electrons. The fraction of sp³-hybridized carbons (Fsp3) is 0.111. The third-order valence-corrected chi connectivity index (χ3v) is 4.44. The Morgan fingerprint density at radius 3 is 2.63 bits per heavy atom. The molecule has 0 saturated carbocycles. The Bertz CT molecular complexity index is 1000. The van der Waals surface area contributed by atoms with Crippen molar-refractivity contribution in [1.82, 2.24) is 0 Å². The standard InChI is InChI=1S/C18H17FN2O5S/c1-12-5-7-15(10-16(12)27(20,24)25)21-17(22)11-26-18(23)8-6-13-3-2-4-14(19)9-13/h2-10H,11H2,1H3,(H,21,22)(H2,20,24,25)/b8-6+. The molecule has 0 bridgehead atoms. The molecular formula is C18H17FN2O5S. The van der Waals surface area contributed by atoms with Gasteiger partial charge in [0.25, 0.3) is 5.91 Å². The molecule has 0 radical (unpaired) electrons. The lowest BCUT2D eigenvalue weighted by Crippen LogP contribution is -2.21. The molecule has 0 heterocycles. The molecule has 0 aliphatic heterocycles. The summed E-state index contributed by atoms with van der Waals surface area (Å²) < 4.78 is 40.8. The van der Waals surface area contributed by atoms with Crippen LogP contribution in [0.15, 0.2) is 53.4 Å². The van der Waals surface area contributed by atoms with Crippen molar-refractivity contribution in [2.24, 2.45) is 5.14 Å². The summed E-state index contributed by atoms with van der Waals surface area (Å²) in [5.74, 6) is -1.89. The van der Waals surface area contributed by atoms with E-state index < -0.39 is 34.3 Å². The summed E-state index contributed by atoms with van der Waals surface area (Å²) in [5.41, 5.74) is 1.09. The van der Waals surface area contributed by atoms with Gasteiger partial charge < -0.3 is 10.1 Å². The van der Waals surface area contributed by atoms with Gasteiger partial charge in [0.2, 0.25) is 10.0 Å². The Hall–Kier alpha value is -3.04. The van der Waals surface area contributed by atoms with Gasteiger partial charge in [-0.3, -0.25) is 4.79 Å². The predicted octanol–water partition coefficient (Wildman–Crippen LogP) is 1.98. The molecule has 0 saturated heterocycles. The fourth-order valence-electron chi connectivity index (χ4n) is 2.14. The summed E-state index contributed by atoms with van der Waals surface area (Å²) in [7, 11) is -3.93. The van der Waals surface area contributed by atoms with Crippen LogP contribution in [0.4, 0.5) is 10.1 Å². The molecule has 27 heavy (non-hydrogen) atoms. The first kappa shape index (κ1) is 20.3. The number of carbonyl (C=O) groups excluding carboxylic acids is 2. The summed E-state index contributed by atoms with van der Waals surface area (Å²) in [4.78, 5) is 23.3. The maximum atomic E-state index is 13.0. The maximum Gasteiger partial charge on any atom is 0.331 e. The molecule has 0 atom stereocenters. The molecule has 3 N–H and O–H groups in total. The van der Waals surface area contributed by atoms with Crippen molar-refractivity contribution in [3.05, 3.63) is 65.5 Å². The third kappa shape index (κ3) is 6.32. The van der Waals surface area contributed by atoms with Crippen LogP contribution in [0.3, 0.4) is 0 Å². The van der Waals surface area contributed by atoms with E-state index in [-0.39, 0.29) is 10.6 Å². The number of nitrogens with one attached hydrogen (secondary N) is 1. The smallest absolute Gasteiger partial charge is 0.331 e. The number of anilines is 1. The van der Waals surface area contributed by atoms with Crippen LogP contribution in [0.1, 0.15) is 11.1 Å². The number of hydrogen-bond donors (Lipinski definition) is 2. The first-order valence-electron chi connectivity index (χ1n) is 7.69. The highest BCUT2D eigenvalue weighted by atomic mass is 32.2. The average molecular weight is 392 g/mol. The second-order valence-electron chi connectivity index (χ2n) is 5.57. The molecule has 2 aromatic carbocycles. The second kappa shape index (κ2) is 8.56. The number of halogens is 1. The van der Waals surface area contributed by atoms with E-state index in [0.29, 0.717) is 11.1 Å². The summed E-state index contributed by atoms with van der Waals surface area (Å²) in [6.45, 7) is 0.989. The third-order valence-electron chi connectivity index (χ3n) is 3.38. The first-order chi connectivity index (χ1) is 12.6. The maximum absolute atomic E-state index is 13.0. The molecule has 0 aromatic heterocycles. The molecular weight excluding hydrogens is 375 g/mol. The molecule has 0 aliphatic rings. The number of aryl methyl sites for hydroxylation is 1. The van der Waals surface area contributed by atoms with Gasteiger partial charge in [0.05, 0.1) is 4.90 Å². The van der Waals surface area contributed by atoms with Gasteiger partial charge in [0.15, 0.2) is 6.61 Å². The van der Waals surface area contributed by atoms with E-state index in [9.17, 15) is 22.4 Å². The van der Waals surface area contributed by atoms with Crippen LogP contribution in [0, 0.1) is 12.7 Å². The summed E-state index contributed by atoms with van der Waals surface area (Å²) in [6.07, 6.45) is 2.41. The number of hydrogen-bond acceptors (Lipinski definition) is 5. The van der Waals surface area contributed by atoms with Crippen molar-refractivity contribution in [2.45, 2.75) is 11.8 Å². The molecule has 1 amide bonds. The lowest BCUT2D eigenvalue weighted by Gasteiger charge is -2.09. The Balaban J connectivity index is 1.92. The van der Waals surface area contributed by atoms with Gasteiger partial charge in [0, 0.05) is 11.8 Å². The van der Waals surface area contributed by atoms with Crippen molar-refractivity contribution in [3.8, 4) is 0 Å². The summed E-state index contributed by atoms with van der Waals surface area (Å²) in [5, 5.41) is 7.51. The van der Waals surface area contributed by atoms with E-state index in [1.807, 2.05) is 0 Å². The minimum Gasteiger partial charge on any atom is -0.452 e. The summed E-state index contributed by atoms with van der Waals surface area (Å²) >= 11 is 0. The number of ether oxygens (including phenoxy) is 1. The van der Waals surface area contributed by atoms with E-state index >= 15 is 0 Å². The minimum absolute atomic E-state index is 0.115. The van der Waals surface area contributed by atoms with Crippen LogP contribution >= 0.6 is 0 Å². The molecule has 0 spiro atoms. The van der Waals surface area contributed by atoms with Crippen molar-refractivity contribution in [3.63, 3.8) is 0 Å². The number of benzene rings is 2. The number of carbonyl (C=O) groups is 2. The highest BCUT2D eigenvalue weighted by molar-refractivity contribution is 7.89. The molecule has 2 rings (SSSR count). The van der Waals surface area contributed by atoms with Crippen LogP contribution in [0.2, 0.25) is 0 Å². The van der Waals surface area contributed by atoms with E-state index in [2.05, 4.69) is 5.32 Å². The normalized spacial score (nSPS) is 11.4. The lowest BCUT2D eigenvalue weighted by molar-refractivity contribution is -0.142. The lowest BCUT2D eigenvalue weighted by atomic mass is 10.2. The van der Waals surface area contributed by atoms with Gasteiger partial charge in [-0.05, 0) is 48.4 Å². The molecule has 7 nitrogen and oxygen atoms in total. The molecule has 9 heteroatoms. The van der Waals surface area contributed by atoms with E-state index in [0.717, 1.165) is 6.08 Å². The van der Waals surface area contributed by atoms with Gasteiger partial charge >= 0.3 is 5.97 Å². The molecule has 0 aliphatic carbocycles. The number of esters is 1. The van der Waals surface area contributed by atoms with Gasteiger partial charge in [-0.25, -0.2) is 22.7 Å². The van der Waals surface area contributed by atoms with E-state index in [1.165, 1.54) is 42.5 Å². The fourth-order valence-corrected chi connectivity index (χ4v) is 2.95. The Morgan fingerprint density at radius 2 is 1.96 bits per heavy atom. The Morgan fingerprint density at radius 1 is 1.22 bits per heavy atom. The van der Waals surface area contributed by atoms with Crippen LogP contribution in [-0.4, -0.2) is 26.9 Å². The Kier molecular flexibility index (Phi) is 6.43. The van der Waals surface area contributed by atoms with Gasteiger partial charge in [0.1, 0.15) is 5.82 Å². The Labute approximate surface area is 155 Å². The monoisotopic (exact) mass is 392 g/mol. The van der Waals surface area contributed by atoms with Gasteiger partial charge in [-0.2, -0.15) is 0 Å². The van der Waals surface area contributed by atoms with Crippen molar-refractivity contribution in [2.75, 3.05) is 11.9 Å². The number of rotatable bonds is 6. The number of sulfonamides is 1. The minimum atomic E-state index is -3.93. The summed E-state index contributed by atoms with van der Waals surface area (Å²) in [6, 6.07) is 9.79. The number of amides is 1.